The molecule has 0 aliphatic carbocycles. The summed E-state index contributed by atoms with van der Waals surface area (Å²) < 4.78 is 27.1. The zero-order chi connectivity index (χ0) is 15.6. The smallest absolute Gasteiger partial charge is 0.263 e. The van der Waals surface area contributed by atoms with Gasteiger partial charge in [0.1, 0.15) is 10.8 Å². The molecule has 3 N–H and O–H groups in total. The van der Waals surface area contributed by atoms with E-state index in [0.29, 0.717) is 11.1 Å². The molecule has 2 rings (SSSR count). The SMILES string of the molecule is Cc1ccnc(NS(=O)(=O)c2ccc(C(N)=S)c(C)c2)c1. The molecule has 0 aliphatic heterocycles. The van der Waals surface area contributed by atoms with Gasteiger partial charge in [0, 0.05) is 11.8 Å². The Morgan fingerprint density at radius 3 is 2.52 bits per heavy atom. The summed E-state index contributed by atoms with van der Waals surface area (Å²) in [5.74, 6) is 0.283. The molecule has 1 heterocycles. The first kappa shape index (κ1) is 15.4. The standard InChI is InChI=1S/C14H15N3O2S2/c1-9-5-6-16-13(7-9)17-21(18,19)11-3-4-12(14(15)20)10(2)8-11/h3-8H,1-2H3,(H2,15,20)(H,16,17). The third-order valence-electron chi connectivity index (χ3n) is 2.93. The van der Waals surface area contributed by atoms with Gasteiger partial charge in [0.2, 0.25) is 0 Å². The molecule has 5 nitrogen and oxygen atoms in total. The van der Waals surface area contributed by atoms with Crippen LogP contribution in [0, 0.1) is 13.8 Å². The van der Waals surface area contributed by atoms with Gasteiger partial charge in [-0.15, -0.1) is 0 Å². The zero-order valence-corrected chi connectivity index (χ0v) is 13.3. The predicted molar refractivity (Wildman–Crippen MR) is 86.8 cm³/mol. The van der Waals surface area contributed by atoms with Crippen LogP contribution in [0.4, 0.5) is 5.82 Å². The summed E-state index contributed by atoms with van der Waals surface area (Å²) in [6.45, 7) is 3.62. The van der Waals surface area contributed by atoms with Gasteiger partial charge >= 0.3 is 0 Å². The number of hydrogen-bond acceptors (Lipinski definition) is 4. The molecule has 7 heteroatoms. The minimum atomic E-state index is -3.69. The van der Waals surface area contributed by atoms with E-state index in [-0.39, 0.29) is 15.7 Å². The molecule has 1 aromatic carbocycles. The molecular formula is C14H15N3O2S2. The van der Waals surface area contributed by atoms with Gasteiger partial charge < -0.3 is 5.73 Å². The lowest BCUT2D eigenvalue weighted by Gasteiger charge is -2.10. The van der Waals surface area contributed by atoms with Crippen LogP contribution in [0.25, 0.3) is 0 Å². The van der Waals surface area contributed by atoms with Crippen molar-refractivity contribution in [1.82, 2.24) is 4.98 Å². The number of thiocarbonyl (C=S) groups is 1. The Bertz CT molecular complexity index is 802. The largest absolute Gasteiger partial charge is 0.389 e. The molecule has 0 aliphatic rings. The van der Waals surface area contributed by atoms with E-state index in [4.69, 9.17) is 18.0 Å². The van der Waals surface area contributed by atoms with Crippen molar-refractivity contribution >= 4 is 33.0 Å². The monoisotopic (exact) mass is 321 g/mol. The van der Waals surface area contributed by atoms with Gasteiger partial charge in [0.05, 0.1) is 4.90 Å². The van der Waals surface area contributed by atoms with E-state index in [0.717, 1.165) is 5.56 Å². The summed E-state index contributed by atoms with van der Waals surface area (Å²) in [6.07, 6.45) is 1.55. The second-order valence-corrected chi connectivity index (χ2v) is 6.79. The van der Waals surface area contributed by atoms with E-state index >= 15 is 0 Å². The molecular weight excluding hydrogens is 306 g/mol. The molecule has 110 valence electrons. The summed E-state index contributed by atoms with van der Waals surface area (Å²) in [5, 5.41) is 0. The van der Waals surface area contributed by atoms with E-state index in [1.807, 2.05) is 6.92 Å². The van der Waals surface area contributed by atoms with Crippen LogP contribution in [-0.2, 0) is 10.0 Å². The topological polar surface area (TPSA) is 85.1 Å². The lowest BCUT2D eigenvalue weighted by atomic mass is 10.1. The number of benzene rings is 1. The highest BCUT2D eigenvalue weighted by atomic mass is 32.2. The molecule has 21 heavy (non-hydrogen) atoms. The van der Waals surface area contributed by atoms with Gasteiger partial charge in [-0.3, -0.25) is 4.72 Å². The summed E-state index contributed by atoms with van der Waals surface area (Å²) in [7, 11) is -3.69. The van der Waals surface area contributed by atoms with Crippen LogP contribution in [0.15, 0.2) is 41.4 Å². The number of sulfonamides is 1. The number of pyridine rings is 1. The van der Waals surface area contributed by atoms with Crippen molar-refractivity contribution in [3.63, 3.8) is 0 Å². The van der Waals surface area contributed by atoms with Gasteiger partial charge in [-0.05, 0) is 49.2 Å². The molecule has 0 spiro atoms. The molecule has 0 saturated carbocycles. The van der Waals surface area contributed by atoms with Gasteiger partial charge in [-0.1, -0.05) is 18.3 Å². The Labute approximate surface area is 129 Å². The highest BCUT2D eigenvalue weighted by molar-refractivity contribution is 7.92. The Morgan fingerprint density at radius 2 is 1.95 bits per heavy atom. The normalized spacial score (nSPS) is 11.1. The van der Waals surface area contributed by atoms with E-state index in [1.54, 1.807) is 31.3 Å². The lowest BCUT2D eigenvalue weighted by molar-refractivity contribution is 0.601. The number of nitrogens with one attached hydrogen (secondary N) is 1. The minimum absolute atomic E-state index is 0.142. The Kier molecular flexibility index (Phi) is 4.24. The quantitative estimate of drug-likeness (QED) is 0.843. The number of aromatic nitrogens is 1. The second-order valence-electron chi connectivity index (χ2n) is 4.66. The Balaban J connectivity index is 2.36. The summed E-state index contributed by atoms with van der Waals surface area (Å²) >= 11 is 4.91. The van der Waals surface area contributed by atoms with E-state index in [9.17, 15) is 8.42 Å². The fourth-order valence-corrected chi connectivity index (χ4v) is 3.18. The van der Waals surface area contributed by atoms with E-state index < -0.39 is 10.0 Å². The fourth-order valence-electron chi connectivity index (χ4n) is 1.87. The van der Waals surface area contributed by atoms with Gasteiger partial charge in [0.15, 0.2) is 0 Å². The summed E-state index contributed by atoms with van der Waals surface area (Å²) in [4.78, 5) is 4.37. The van der Waals surface area contributed by atoms with Crippen LogP contribution in [0.3, 0.4) is 0 Å². The number of anilines is 1. The second kappa shape index (κ2) is 5.79. The van der Waals surface area contributed by atoms with Crippen molar-refractivity contribution in [1.29, 1.82) is 0 Å². The van der Waals surface area contributed by atoms with Crippen molar-refractivity contribution in [3.05, 3.63) is 53.2 Å². The first-order chi connectivity index (χ1) is 9.79. The number of aryl methyl sites for hydroxylation is 2. The van der Waals surface area contributed by atoms with Crippen LogP contribution in [0.5, 0.6) is 0 Å². The van der Waals surface area contributed by atoms with Gasteiger partial charge in [-0.2, -0.15) is 0 Å². The number of nitrogens with two attached hydrogens (primary N) is 1. The third kappa shape index (κ3) is 3.56. The van der Waals surface area contributed by atoms with Crippen molar-refractivity contribution < 1.29 is 8.42 Å². The zero-order valence-electron chi connectivity index (χ0n) is 11.6. The number of rotatable bonds is 4. The van der Waals surface area contributed by atoms with Crippen LogP contribution in [-0.4, -0.2) is 18.4 Å². The third-order valence-corrected chi connectivity index (χ3v) is 4.50. The molecule has 2 aromatic rings. The van der Waals surface area contributed by atoms with E-state index in [1.165, 1.54) is 12.1 Å². The average Bonchev–Trinajstić information content (AvgIpc) is 2.37. The Hall–Kier alpha value is -1.99. The van der Waals surface area contributed by atoms with Gasteiger partial charge in [-0.25, -0.2) is 13.4 Å². The maximum Gasteiger partial charge on any atom is 0.263 e. The van der Waals surface area contributed by atoms with Crippen LogP contribution in [0.2, 0.25) is 0 Å². The average molecular weight is 321 g/mol. The molecule has 1 aromatic heterocycles. The Morgan fingerprint density at radius 1 is 1.24 bits per heavy atom. The molecule has 0 radical (unpaired) electrons. The van der Waals surface area contributed by atoms with Crippen molar-refractivity contribution in [2.75, 3.05) is 4.72 Å². The van der Waals surface area contributed by atoms with Gasteiger partial charge in [0.25, 0.3) is 10.0 Å². The molecule has 0 unspecified atom stereocenters. The van der Waals surface area contributed by atoms with Crippen molar-refractivity contribution in [3.8, 4) is 0 Å². The molecule has 0 bridgehead atoms. The lowest BCUT2D eigenvalue weighted by Crippen LogP contribution is -2.16. The van der Waals surface area contributed by atoms with Crippen molar-refractivity contribution in [2.24, 2.45) is 5.73 Å². The molecule has 0 atom stereocenters. The maximum atomic E-state index is 12.3. The summed E-state index contributed by atoms with van der Waals surface area (Å²) in [6, 6.07) is 8.06. The maximum absolute atomic E-state index is 12.3. The molecule has 0 amide bonds. The first-order valence-corrected chi connectivity index (χ1v) is 8.04. The molecule has 0 saturated heterocycles. The summed E-state index contributed by atoms with van der Waals surface area (Å²) in [5.41, 5.74) is 7.86. The number of hydrogen-bond donors (Lipinski definition) is 2. The fraction of sp³-hybridized carbons (Fsp3) is 0.143. The highest BCUT2D eigenvalue weighted by Gasteiger charge is 2.16. The highest BCUT2D eigenvalue weighted by Crippen LogP contribution is 2.18. The van der Waals surface area contributed by atoms with Crippen LogP contribution >= 0.6 is 12.2 Å². The first-order valence-electron chi connectivity index (χ1n) is 6.15. The van der Waals surface area contributed by atoms with Crippen LogP contribution < -0.4 is 10.5 Å². The minimum Gasteiger partial charge on any atom is -0.389 e. The van der Waals surface area contributed by atoms with Crippen LogP contribution in [0.1, 0.15) is 16.7 Å². The van der Waals surface area contributed by atoms with E-state index in [2.05, 4.69) is 9.71 Å². The van der Waals surface area contributed by atoms with Crippen molar-refractivity contribution in [2.45, 2.75) is 18.7 Å². The molecule has 0 fully saturated rings. The number of nitrogens with zero attached hydrogens (tertiary/aromatic N) is 1. The predicted octanol–water partition coefficient (Wildman–Crippen LogP) is 2.13.